The highest BCUT2D eigenvalue weighted by molar-refractivity contribution is 14.1. The first-order valence-electron chi connectivity index (χ1n) is 6.58. The van der Waals surface area contributed by atoms with Crippen molar-refractivity contribution < 1.29 is 35.1 Å². The molecule has 0 saturated carbocycles. The summed E-state index contributed by atoms with van der Waals surface area (Å²) in [6.45, 7) is 0. The van der Waals surface area contributed by atoms with Crippen LogP contribution in [0.4, 0.5) is 35.1 Å². The van der Waals surface area contributed by atoms with Crippen molar-refractivity contribution in [3.8, 4) is 11.5 Å². The highest BCUT2D eigenvalue weighted by atomic mass is 127. The Hall–Kier alpha value is -1.93. The number of nitrogens with one attached hydrogen (secondary N) is 2. The Morgan fingerprint density at radius 1 is 0.885 bits per heavy atom. The van der Waals surface area contributed by atoms with Crippen LogP contribution in [0.1, 0.15) is 16.8 Å². The van der Waals surface area contributed by atoms with E-state index in [2.05, 4.69) is 15.1 Å². The highest BCUT2D eigenvalue weighted by Crippen LogP contribution is 2.42. The van der Waals surface area contributed by atoms with E-state index in [1.54, 1.807) is 5.10 Å². The Labute approximate surface area is 152 Å². The van der Waals surface area contributed by atoms with Gasteiger partial charge in [-0.3, -0.25) is 5.10 Å². The summed E-state index contributed by atoms with van der Waals surface area (Å²) in [5.41, 5.74) is -5.11. The maximum absolute atomic E-state index is 13.5. The molecule has 0 radical (unpaired) electrons. The summed E-state index contributed by atoms with van der Waals surface area (Å²) in [7, 11) is 0. The topological polar surface area (TPSA) is 57.4 Å². The van der Waals surface area contributed by atoms with E-state index in [0.717, 1.165) is 6.07 Å². The largest absolute Gasteiger partial charge is 0.432 e. The number of rotatable bonds is 2. The van der Waals surface area contributed by atoms with Gasteiger partial charge >= 0.3 is 16.3 Å². The minimum Gasteiger partial charge on any atom is -0.337 e. The molecular weight excluding hydrogens is 491 g/mol. The molecule has 0 bridgehead atoms. The maximum atomic E-state index is 13.5. The number of imidazole rings is 1. The van der Waals surface area contributed by atoms with E-state index in [1.807, 2.05) is 0 Å². The first-order chi connectivity index (χ1) is 11.8. The first-order valence-corrected chi connectivity index (χ1v) is 7.66. The number of aromatic amines is 2. The maximum Gasteiger partial charge on any atom is 0.432 e. The molecule has 2 heterocycles. The third-order valence-electron chi connectivity index (χ3n) is 3.35. The summed E-state index contributed by atoms with van der Waals surface area (Å²) in [6, 6.07) is 1.55. The third kappa shape index (κ3) is 3.48. The van der Waals surface area contributed by atoms with Gasteiger partial charge in [0.15, 0.2) is 5.82 Å². The average Bonchev–Trinajstić information content (AvgIpc) is 3.09. The predicted octanol–water partition coefficient (Wildman–Crippen LogP) is 5.47. The highest BCUT2D eigenvalue weighted by Gasteiger charge is 2.38. The lowest BCUT2D eigenvalue weighted by Crippen LogP contribution is -2.10. The quantitative estimate of drug-likeness (QED) is 0.281. The molecule has 0 aliphatic rings. The van der Waals surface area contributed by atoms with Crippen LogP contribution in [0.5, 0.6) is 0 Å². The van der Waals surface area contributed by atoms with Crippen molar-refractivity contribution in [2.75, 3.05) is 0 Å². The van der Waals surface area contributed by atoms with Gasteiger partial charge < -0.3 is 4.98 Å². The predicted molar refractivity (Wildman–Crippen MR) is 81.6 cm³/mol. The van der Waals surface area contributed by atoms with Crippen LogP contribution in [0.15, 0.2) is 18.2 Å². The number of H-pyrrole nitrogens is 2. The van der Waals surface area contributed by atoms with E-state index in [0.29, 0.717) is 28.7 Å². The van der Waals surface area contributed by atoms with E-state index >= 15 is 0 Å². The summed E-state index contributed by atoms with van der Waals surface area (Å²) < 4.78 is 101. The van der Waals surface area contributed by atoms with Gasteiger partial charge in [0, 0.05) is 28.2 Å². The number of benzene rings is 1. The molecule has 3 rings (SSSR count). The molecule has 3 aromatic rings. The number of fused-ring (bicyclic) bond motifs is 1. The Bertz CT molecular complexity index is 963. The number of aromatic nitrogens is 4. The molecule has 0 aliphatic carbocycles. The van der Waals surface area contributed by atoms with Crippen LogP contribution in [-0.2, 0) is 16.3 Å². The smallest absolute Gasteiger partial charge is 0.337 e. The van der Waals surface area contributed by atoms with Crippen molar-refractivity contribution in [1.82, 2.24) is 20.2 Å². The lowest BCUT2D eigenvalue weighted by Gasteiger charge is -2.13. The fourth-order valence-electron chi connectivity index (χ4n) is 2.21. The molecule has 13 heteroatoms. The second-order valence-electron chi connectivity index (χ2n) is 5.17. The van der Waals surface area contributed by atoms with Gasteiger partial charge in [-0.15, -0.1) is 0 Å². The van der Waals surface area contributed by atoms with Crippen molar-refractivity contribution in [2.45, 2.75) is 16.3 Å². The summed E-state index contributed by atoms with van der Waals surface area (Å²) in [6.07, 6.45) is -9.74. The molecule has 1 aromatic carbocycles. The van der Waals surface area contributed by atoms with Gasteiger partial charge in [0.25, 0.3) is 0 Å². The summed E-state index contributed by atoms with van der Waals surface area (Å²) in [5, 5.41) is 5.03. The van der Waals surface area contributed by atoms with Gasteiger partial charge in [-0.2, -0.15) is 40.2 Å². The SMILES string of the molecule is FC(F)(F)c1cc(-c2nc3c(C(F)(F)F)cc(C(F)(F)I)cc3[nH]2)n[nH]1. The third-order valence-corrected chi connectivity index (χ3v) is 3.97. The molecule has 2 N–H and O–H groups in total. The molecular formula is C13H5F8IN4. The zero-order chi connectivity index (χ0) is 19.5. The fraction of sp³-hybridized carbons (Fsp3) is 0.231. The molecule has 0 aliphatic heterocycles. The molecule has 0 spiro atoms. The molecule has 4 nitrogen and oxygen atoms in total. The number of halogens is 9. The van der Waals surface area contributed by atoms with E-state index in [-0.39, 0.29) is 6.07 Å². The zero-order valence-electron chi connectivity index (χ0n) is 12.0. The van der Waals surface area contributed by atoms with Gasteiger partial charge in [0.1, 0.15) is 16.9 Å². The number of nitrogens with zero attached hydrogens (tertiary/aromatic N) is 2. The van der Waals surface area contributed by atoms with Crippen LogP contribution in [-0.4, -0.2) is 20.2 Å². The molecule has 0 unspecified atom stereocenters. The van der Waals surface area contributed by atoms with Crippen molar-refractivity contribution >= 4 is 33.6 Å². The molecule has 0 fully saturated rings. The molecule has 0 amide bonds. The van der Waals surface area contributed by atoms with E-state index in [9.17, 15) is 35.1 Å². The Balaban J connectivity index is 2.20. The molecule has 2 aromatic heterocycles. The van der Waals surface area contributed by atoms with Crippen LogP contribution in [0, 0.1) is 0 Å². The van der Waals surface area contributed by atoms with Crippen molar-refractivity contribution in [3.63, 3.8) is 0 Å². The van der Waals surface area contributed by atoms with Crippen molar-refractivity contribution in [2.24, 2.45) is 0 Å². The summed E-state index contributed by atoms with van der Waals surface area (Å²) >= 11 is 0.673. The van der Waals surface area contributed by atoms with Crippen LogP contribution in [0.25, 0.3) is 22.6 Å². The molecule has 26 heavy (non-hydrogen) atoms. The van der Waals surface area contributed by atoms with Crippen LogP contribution in [0.2, 0.25) is 0 Å². The van der Waals surface area contributed by atoms with Crippen molar-refractivity contribution in [1.29, 1.82) is 0 Å². The minimum absolute atomic E-state index is 0.255. The summed E-state index contributed by atoms with van der Waals surface area (Å²) in [4.78, 5) is 5.90. The summed E-state index contributed by atoms with van der Waals surface area (Å²) in [5.74, 6) is -0.425. The van der Waals surface area contributed by atoms with Gasteiger partial charge in [-0.05, 0) is 18.2 Å². The Morgan fingerprint density at radius 3 is 2.04 bits per heavy atom. The normalized spacial score (nSPS) is 13.6. The van der Waals surface area contributed by atoms with Crippen molar-refractivity contribution in [3.05, 3.63) is 35.0 Å². The minimum atomic E-state index is -4.99. The van der Waals surface area contributed by atoms with Crippen LogP contribution >= 0.6 is 22.6 Å². The Morgan fingerprint density at radius 2 is 1.54 bits per heavy atom. The lowest BCUT2D eigenvalue weighted by molar-refractivity contribution is -0.141. The van der Waals surface area contributed by atoms with Gasteiger partial charge in [-0.25, -0.2) is 4.98 Å². The second-order valence-corrected chi connectivity index (χ2v) is 6.52. The van der Waals surface area contributed by atoms with Gasteiger partial charge in [0.05, 0.1) is 11.1 Å². The zero-order valence-corrected chi connectivity index (χ0v) is 14.2. The molecule has 0 saturated heterocycles. The van der Waals surface area contributed by atoms with E-state index in [4.69, 9.17) is 0 Å². The van der Waals surface area contributed by atoms with Gasteiger partial charge in [-0.1, -0.05) is 0 Å². The number of hydrogen-bond acceptors (Lipinski definition) is 2. The lowest BCUT2D eigenvalue weighted by atomic mass is 10.1. The monoisotopic (exact) mass is 496 g/mol. The fourth-order valence-corrected chi connectivity index (χ4v) is 2.52. The van der Waals surface area contributed by atoms with Gasteiger partial charge in [0.2, 0.25) is 0 Å². The first kappa shape index (κ1) is 18.8. The van der Waals surface area contributed by atoms with Crippen LogP contribution < -0.4 is 0 Å². The second kappa shape index (κ2) is 5.79. The molecule has 140 valence electrons. The van der Waals surface area contributed by atoms with E-state index in [1.165, 1.54) is 0 Å². The average molecular weight is 496 g/mol. The number of alkyl halides is 9. The molecule has 0 atom stereocenters. The standard InChI is InChI=1S/C13H5F8IN4/c14-11(15,16)5-1-4(13(20,21)22)2-6-9(5)24-10(23-6)7-3-8(26-25-7)12(17,18)19/h1-3H,(H,23,24)(H,25,26). The van der Waals surface area contributed by atoms with Crippen LogP contribution in [0.3, 0.4) is 0 Å². The Kier molecular flexibility index (Phi) is 4.19. The van der Waals surface area contributed by atoms with E-state index < -0.39 is 55.7 Å². The number of hydrogen-bond donors (Lipinski definition) is 2.